The Morgan fingerprint density at radius 2 is 1.70 bits per heavy atom. The standard InChI is InChI=1S/C23H17BrN6/c1-30-10-9-26-23(30)15-7-5-14(6-8-15)19-12-18(16-3-2-4-17(24)11-16)20-21(25)27-13-28-22(20)29-19/h2-13H,1H3,(H2,25,27,28,29). The fraction of sp³-hybridized carbons (Fsp3) is 0.0435. The molecule has 0 aliphatic rings. The number of pyridine rings is 1. The molecule has 0 aliphatic heterocycles. The average Bonchev–Trinajstić information content (AvgIpc) is 3.19. The summed E-state index contributed by atoms with van der Waals surface area (Å²) < 4.78 is 2.98. The van der Waals surface area contributed by atoms with Crippen molar-refractivity contribution in [2.75, 3.05) is 5.73 Å². The number of halogens is 1. The van der Waals surface area contributed by atoms with Crippen molar-refractivity contribution in [3.63, 3.8) is 0 Å². The Morgan fingerprint density at radius 3 is 2.43 bits per heavy atom. The number of imidazole rings is 1. The molecule has 0 unspecified atom stereocenters. The molecule has 0 aliphatic carbocycles. The van der Waals surface area contributed by atoms with E-state index < -0.39 is 0 Å². The van der Waals surface area contributed by atoms with Crippen LogP contribution >= 0.6 is 15.9 Å². The van der Waals surface area contributed by atoms with Gasteiger partial charge in [-0.3, -0.25) is 0 Å². The number of nitrogens with two attached hydrogens (primary N) is 1. The number of rotatable bonds is 3. The van der Waals surface area contributed by atoms with Gasteiger partial charge in [0.15, 0.2) is 5.65 Å². The number of hydrogen-bond donors (Lipinski definition) is 1. The zero-order valence-corrected chi connectivity index (χ0v) is 17.7. The molecule has 30 heavy (non-hydrogen) atoms. The van der Waals surface area contributed by atoms with Gasteiger partial charge in [-0.25, -0.2) is 19.9 Å². The van der Waals surface area contributed by atoms with Crippen molar-refractivity contribution in [3.8, 4) is 33.8 Å². The maximum atomic E-state index is 6.20. The lowest BCUT2D eigenvalue weighted by Crippen LogP contribution is -1.99. The predicted molar refractivity (Wildman–Crippen MR) is 123 cm³/mol. The van der Waals surface area contributed by atoms with Gasteiger partial charge in [0, 0.05) is 35.0 Å². The summed E-state index contributed by atoms with van der Waals surface area (Å²) in [5.41, 5.74) is 11.6. The molecule has 0 amide bonds. The van der Waals surface area contributed by atoms with E-state index in [4.69, 9.17) is 10.7 Å². The Kier molecular flexibility index (Phi) is 4.52. The van der Waals surface area contributed by atoms with E-state index in [0.29, 0.717) is 11.5 Å². The van der Waals surface area contributed by atoms with Crippen molar-refractivity contribution in [3.05, 3.63) is 77.8 Å². The van der Waals surface area contributed by atoms with Gasteiger partial charge in [0.2, 0.25) is 0 Å². The summed E-state index contributed by atoms with van der Waals surface area (Å²) >= 11 is 3.55. The third kappa shape index (κ3) is 3.23. The van der Waals surface area contributed by atoms with Crippen LogP contribution in [0.2, 0.25) is 0 Å². The number of nitrogen functional groups attached to an aromatic ring is 1. The monoisotopic (exact) mass is 456 g/mol. The first kappa shape index (κ1) is 18.4. The lowest BCUT2D eigenvalue weighted by Gasteiger charge is -2.12. The lowest BCUT2D eigenvalue weighted by molar-refractivity contribution is 0.925. The first-order valence-corrected chi connectivity index (χ1v) is 10.1. The highest BCUT2D eigenvalue weighted by molar-refractivity contribution is 9.10. The summed E-state index contributed by atoms with van der Waals surface area (Å²) in [7, 11) is 1.98. The first-order valence-electron chi connectivity index (χ1n) is 9.35. The lowest BCUT2D eigenvalue weighted by atomic mass is 9.99. The van der Waals surface area contributed by atoms with Crippen LogP contribution in [0.5, 0.6) is 0 Å². The number of nitrogens with zero attached hydrogens (tertiary/aromatic N) is 5. The fourth-order valence-corrected chi connectivity index (χ4v) is 3.95. The largest absolute Gasteiger partial charge is 0.383 e. The van der Waals surface area contributed by atoms with Gasteiger partial charge in [0.05, 0.1) is 11.1 Å². The molecule has 3 heterocycles. The normalized spacial score (nSPS) is 11.1. The summed E-state index contributed by atoms with van der Waals surface area (Å²) in [6.45, 7) is 0. The predicted octanol–water partition coefficient (Wildman–Crippen LogP) is 5.10. The highest BCUT2D eigenvalue weighted by Crippen LogP contribution is 2.35. The SMILES string of the molecule is Cn1ccnc1-c1ccc(-c2cc(-c3cccc(Br)c3)c3c(N)ncnc3n2)cc1. The fourth-order valence-electron chi connectivity index (χ4n) is 3.55. The minimum absolute atomic E-state index is 0.416. The van der Waals surface area contributed by atoms with E-state index in [1.807, 2.05) is 54.2 Å². The van der Waals surface area contributed by atoms with Crippen LogP contribution in [0.15, 0.2) is 77.8 Å². The molecule has 5 rings (SSSR count). The zero-order valence-electron chi connectivity index (χ0n) is 16.1. The van der Waals surface area contributed by atoms with Gasteiger partial charge in [-0.2, -0.15) is 0 Å². The van der Waals surface area contributed by atoms with Gasteiger partial charge in [0.25, 0.3) is 0 Å². The molecular weight excluding hydrogens is 440 g/mol. The molecule has 0 radical (unpaired) electrons. The number of aromatic nitrogens is 5. The minimum atomic E-state index is 0.416. The van der Waals surface area contributed by atoms with E-state index in [-0.39, 0.29) is 0 Å². The molecule has 0 atom stereocenters. The van der Waals surface area contributed by atoms with Gasteiger partial charge < -0.3 is 10.3 Å². The molecule has 0 bridgehead atoms. The molecule has 0 fully saturated rings. The molecule has 0 saturated heterocycles. The summed E-state index contributed by atoms with van der Waals surface area (Å²) in [4.78, 5) is 17.7. The van der Waals surface area contributed by atoms with E-state index in [9.17, 15) is 0 Å². The number of aryl methyl sites for hydroxylation is 1. The Hall–Kier alpha value is -3.58. The summed E-state index contributed by atoms with van der Waals surface area (Å²) in [6, 6.07) is 18.3. The smallest absolute Gasteiger partial charge is 0.165 e. The Bertz CT molecular complexity index is 1370. The van der Waals surface area contributed by atoms with Crippen molar-refractivity contribution < 1.29 is 0 Å². The molecule has 6 nitrogen and oxygen atoms in total. The second-order valence-corrected chi connectivity index (χ2v) is 7.88. The quantitative estimate of drug-likeness (QED) is 0.408. The first-order chi connectivity index (χ1) is 14.6. The molecule has 7 heteroatoms. The van der Waals surface area contributed by atoms with E-state index >= 15 is 0 Å². The maximum Gasteiger partial charge on any atom is 0.165 e. The highest BCUT2D eigenvalue weighted by atomic mass is 79.9. The third-order valence-corrected chi connectivity index (χ3v) is 5.52. The molecule has 3 aromatic heterocycles. The third-order valence-electron chi connectivity index (χ3n) is 5.03. The molecular formula is C23H17BrN6. The average molecular weight is 457 g/mol. The van der Waals surface area contributed by atoms with Gasteiger partial charge in [0.1, 0.15) is 18.0 Å². The summed E-state index contributed by atoms with van der Waals surface area (Å²) in [6.07, 6.45) is 5.17. The van der Waals surface area contributed by atoms with Gasteiger partial charge in [-0.1, -0.05) is 52.3 Å². The molecule has 5 aromatic rings. The zero-order chi connectivity index (χ0) is 20.7. The molecule has 0 spiro atoms. The van der Waals surface area contributed by atoms with Gasteiger partial charge >= 0.3 is 0 Å². The molecule has 2 aromatic carbocycles. The Morgan fingerprint density at radius 1 is 0.900 bits per heavy atom. The number of anilines is 1. The van der Waals surface area contributed by atoms with Crippen LogP contribution in [0.1, 0.15) is 0 Å². The van der Waals surface area contributed by atoms with E-state index in [1.165, 1.54) is 6.33 Å². The summed E-state index contributed by atoms with van der Waals surface area (Å²) in [5, 5.41) is 0.754. The minimum Gasteiger partial charge on any atom is -0.383 e. The van der Waals surface area contributed by atoms with Crippen molar-refractivity contribution in [2.45, 2.75) is 0 Å². The number of hydrogen-bond acceptors (Lipinski definition) is 5. The van der Waals surface area contributed by atoms with E-state index in [2.05, 4.69) is 49.1 Å². The second kappa shape index (κ2) is 7.35. The van der Waals surface area contributed by atoms with Crippen LogP contribution in [0, 0.1) is 0 Å². The molecule has 0 saturated carbocycles. The van der Waals surface area contributed by atoms with Crippen molar-refractivity contribution >= 4 is 32.8 Å². The number of fused-ring (bicyclic) bond motifs is 1. The molecule has 2 N–H and O–H groups in total. The van der Waals surface area contributed by atoms with Crippen LogP contribution in [0.4, 0.5) is 5.82 Å². The van der Waals surface area contributed by atoms with Crippen LogP contribution in [0.3, 0.4) is 0 Å². The highest BCUT2D eigenvalue weighted by Gasteiger charge is 2.14. The number of benzene rings is 2. The topological polar surface area (TPSA) is 82.5 Å². The summed E-state index contributed by atoms with van der Waals surface area (Å²) in [5.74, 6) is 1.34. The van der Waals surface area contributed by atoms with Crippen LogP contribution < -0.4 is 5.73 Å². The van der Waals surface area contributed by atoms with Crippen LogP contribution in [0.25, 0.3) is 44.8 Å². The van der Waals surface area contributed by atoms with Crippen molar-refractivity contribution in [1.82, 2.24) is 24.5 Å². The van der Waals surface area contributed by atoms with Gasteiger partial charge in [-0.05, 0) is 29.3 Å². The van der Waals surface area contributed by atoms with Crippen LogP contribution in [-0.4, -0.2) is 24.5 Å². The van der Waals surface area contributed by atoms with E-state index in [0.717, 1.165) is 43.6 Å². The molecule has 146 valence electrons. The van der Waals surface area contributed by atoms with Crippen molar-refractivity contribution in [1.29, 1.82) is 0 Å². The van der Waals surface area contributed by atoms with Crippen molar-refractivity contribution in [2.24, 2.45) is 7.05 Å². The maximum absolute atomic E-state index is 6.20. The Labute approximate surface area is 181 Å². The Balaban J connectivity index is 1.68. The van der Waals surface area contributed by atoms with E-state index in [1.54, 1.807) is 6.20 Å². The second-order valence-electron chi connectivity index (χ2n) is 6.96. The van der Waals surface area contributed by atoms with Crippen LogP contribution in [-0.2, 0) is 7.05 Å². The van der Waals surface area contributed by atoms with Gasteiger partial charge in [-0.15, -0.1) is 0 Å².